The number of nitrogens with zero attached hydrogens (tertiary/aromatic N) is 2. The summed E-state index contributed by atoms with van der Waals surface area (Å²) < 4.78 is 18.6. The number of hydrogen-bond acceptors (Lipinski definition) is 4. The number of aliphatic hydroxyl groups is 1. The predicted molar refractivity (Wildman–Crippen MR) is 85.5 cm³/mol. The Balaban J connectivity index is 0.00000127. The number of aromatic nitrogens is 2. The average molecular weight is 319 g/mol. The van der Waals surface area contributed by atoms with Gasteiger partial charge in [-0.2, -0.15) is 10.4 Å². The van der Waals surface area contributed by atoms with Gasteiger partial charge in [-0.3, -0.25) is 5.10 Å². The number of H-pyrrole nitrogens is 1. The fraction of sp³-hybridized carbons (Fsp3) is 0.412. The molecule has 0 aliphatic heterocycles. The van der Waals surface area contributed by atoms with E-state index in [-0.39, 0.29) is 6.61 Å². The summed E-state index contributed by atoms with van der Waals surface area (Å²) in [6, 6.07) is 6.08. The Kier molecular flexibility index (Phi) is 7.78. The third kappa shape index (κ3) is 5.08. The van der Waals surface area contributed by atoms with Crippen LogP contribution in [-0.2, 0) is 13.0 Å². The summed E-state index contributed by atoms with van der Waals surface area (Å²) >= 11 is 0. The first-order valence-corrected chi connectivity index (χ1v) is 7.61. The van der Waals surface area contributed by atoms with E-state index in [1.165, 1.54) is 18.2 Å². The monoisotopic (exact) mass is 319 g/mol. The maximum Gasteiger partial charge on any atom is 0.165 e. The Morgan fingerprint density at radius 1 is 1.39 bits per heavy atom. The van der Waals surface area contributed by atoms with Crippen LogP contribution in [0.1, 0.15) is 42.8 Å². The number of hydrogen-bond donors (Lipinski definition) is 2. The van der Waals surface area contributed by atoms with Crippen LogP contribution in [0.5, 0.6) is 5.75 Å². The highest BCUT2D eigenvalue weighted by Crippen LogP contribution is 2.20. The average Bonchev–Trinajstić information content (AvgIpc) is 2.94. The van der Waals surface area contributed by atoms with Gasteiger partial charge in [-0.15, -0.1) is 0 Å². The van der Waals surface area contributed by atoms with Crippen molar-refractivity contribution in [2.75, 3.05) is 6.61 Å². The molecule has 0 atom stereocenters. The van der Waals surface area contributed by atoms with Crippen molar-refractivity contribution < 1.29 is 14.2 Å². The molecule has 0 amide bonds. The van der Waals surface area contributed by atoms with Crippen LogP contribution < -0.4 is 4.74 Å². The lowest BCUT2D eigenvalue weighted by Gasteiger charge is -2.10. The van der Waals surface area contributed by atoms with Gasteiger partial charge in [0.2, 0.25) is 0 Å². The van der Waals surface area contributed by atoms with E-state index in [0.29, 0.717) is 30.0 Å². The van der Waals surface area contributed by atoms with Gasteiger partial charge in [0.15, 0.2) is 5.69 Å². The van der Waals surface area contributed by atoms with Gasteiger partial charge in [0.1, 0.15) is 17.6 Å². The van der Waals surface area contributed by atoms with Crippen LogP contribution >= 0.6 is 0 Å². The summed E-state index contributed by atoms with van der Waals surface area (Å²) in [6.45, 7) is 6.01. The number of nitriles is 1. The van der Waals surface area contributed by atoms with E-state index >= 15 is 0 Å². The van der Waals surface area contributed by atoms with Crippen molar-refractivity contribution in [3.05, 3.63) is 46.5 Å². The molecule has 2 N–H and O–H groups in total. The number of rotatable bonds is 6. The summed E-state index contributed by atoms with van der Waals surface area (Å²) in [6.07, 6.45) is 1.42. The molecule has 0 aliphatic carbocycles. The molecule has 1 aromatic heterocycles. The van der Waals surface area contributed by atoms with Crippen LogP contribution in [0.25, 0.3) is 0 Å². The van der Waals surface area contributed by atoms with Crippen molar-refractivity contribution in [2.24, 2.45) is 0 Å². The molecule has 2 aromatic rings. The maximum atomic E-state index is 13.0. The second-order valence-electron chi connectivity index (χ2n) is 4.65. The van der Waals surface area contributed by atoms with Crippen LogP contribution in [0.2, 0.25) is 0 Å². The molecular weight excluding hydrogens is 297 g/mol. The van der Waals surface area contributed by atoms with E-state index < -0.39 is 5.82 Å². The quantitative estimate of drug-likeness (QED) is 0.801. The van der Waals surface area contributed by atoms with E-state index in [1.807, 2.05) is 26.8 Å². The third-order valence-corrected chi connectivity index (χ3v) is 3.24. The molecule has 0 fully saturated rings. The summed E-state index contributed by atoms with van der Waals surface area (Å²) in [4.78, 5) is 0. The Morgan fingerprint density at radius 3 is 2.74 bits per heavy atom. The van der Waals surface area contributed by atoms with E-state index in [4.69, 9.17) is 15.1 Å². The summed E-state index contributed by atoms with van der Waals surface area (Å²) in [5.74, 6) is 0.0847. The first-order chi connectivity index (χ1) is 11.2. The normalized spacial score (nSPS) is 9.74. The van der Waals surface area contributed by atoms with Crippen molar-refractivity contribution >= 4 is 0 Å². The SMILES string of the molecule is CC.Cc1c(C#N)n[nH]c1CCCOc1ccc(F)cc1CO. The second-order valence-corrected chi connectivity index (χ2v) is 4.65. The number of halogens is 1. The van der Waals surface area contributed by atoms with Crippen molar-refractivity contribution in [3.8, 4) is 11.8 Å². The fourth-order valence-corrected chi connectivity index (χ4v) is 2.03. The Hall–Kier alpha value is -2.39. The minimum absolute atomic E-state index is 0.266. The minimum Gasteiger partial charge on any atom is -0.493 e. The van der Waals surface area contributed by atoms with Crippen LogP contribution in [-0.4, -0.2) is 21.9 Å². The Morgan fingerprint density at radius 2 is 2.13 bits per heavy atom. The van der Waals surface area contributed by atoms with Gasteiger partial charge in [0.25, 0.3) is 0 Å². The first kappa shape index (κ1) is 18.7. The zero-order chi connectivity index (χ0) is 17.2. The van der Waals surface area contributed by atoms with Crippen molar-refractivity contribution in [1.82, 2.24) is 10.2 Å². The fourth-order valence-electron chi connectivity index (χ4n) is 2.03. The standard InChI is InChI=1S/C15H16FN3O2.C2H6/c1-10-13(18-19-14(10)8-17)3-2-6-21-15-5-4-12(16)7-11(15)9-20;1-2/h4-5,7,20H,2-3,6,9H2,1H3,(H,18,19);1-2H3. The molecule has 1 heterocycles. The molecule has 0 aliphatic rings. The summed E-state index contributed by atoms with van der Waals surface area (Å²) in [5, 5.41) is 24.7. The molecule has 0 saturated heterocycles. The highest BCUT2D eigenvalue weighted by Gasteiger charge is 2.08. The number of aromatic amines is 1. The molecule has 0 unspecified atom stereocenters. The highest BCUT2D eigenvalue weighted by atomic mass is 19.1. The summed E-state index contributed by atoms with van der Waals surface area (Å²) in [7, 11) is 0. The lowest BCUT2D eigenvalue weighted by molar-refractivity contribution is 0.260. The smallest absolute Gasteiger partial charge is 0.165 e. The maximum absolute atomic E-state index is 13.0. The molecule has 0 radical (unpaired) electrons. The van der Waals surface area contributed by atoms with E-state index in [2.05, 4.69) is 10.2 Å². The lowest BCUT2D eigenvalue weighted by atomic mass is 10.1. The molecule has 2 rings (SSSR count). The number of nitrogens with one attached hydrogen (secondary N) is 1. The Bertz CT molecular complexity index is 662. The van der Waals surface area contributed by atoms with Crippen molar-refractivity contribution in [2.45, 2.75) is 40.2 Å². The molecule has 0 spiro atoms. The van der Waals surface area contributed by atoms with Crippen molar-refractivity contribution in [1.29, 1.82) is 5.26 Å². The van der Waals surface area contributed by atoms with Gasteiger partial charge in [-0.05, 0) is 38.0 Å². The van der Waals surface area contributed by atoms with Crippen LogP contribution in [0.4, 0.5) is 4.39 Å². The molecule has 0 saturated carbocycles. The van der Waals surface area contributed by atoms with Gasteiger partial charge >= 0.3 is 0 Å². The first-order valence-electron chi connectivity index (χ1n) is 7.61. The van der Waals surface area contributed by atoms with Crippen molar-refractivity contribution in [3.63, 3.8) is 0 Å². The Labute approximate surface area is 135 Å². The van der Waals surface area contributed by atoms with Gasteiger partial charge in [0, 0.05) is 16.8 Å². The largest absolute Gasteiger partial charge is 0.493 e. The van der Waals surface area contributed by atoms with Crippen LogP contribution in [0.15, 0.2) is 18.2 Å². The second kappa shape index (κ2) is 9.59. The predicted octanol–water partition coefficient (Wildman–Crippen LogP) is 3.26. The number of aryl methyl sites for hydroxylation is 1. The topological polar surface area (TPSA) is 81.9 Å². The molecule has 124 valence electrons. The third-order valence-electron chi connectivity index (χ3n) is 3.24. The van der Waals surface area contributed by atoms with E-state index in [9.17, 15) is 4.39 Å². The zero-order valence-electron chi connectivity index (χ0n) is 13.7. The molecule has 6 heteroatoms. The van der Waals surface area contributed by atoms with E-state index in [1.54, 1.807) is 0 Å². The highest BCUT2D eigenvalue weighted by molar-refractivity contribution is 5.34. The van der Waals surface area contributed by atoms with Gasteiger partial charge in [0.05, 0.1) is 13.2 Å². The molecule has 0 bridgehead atoms. The van der Waals surface area contributed by atoms with Crippen LogP contribution in [0, 0.1) is 24.1 Å². The molecule has 1 aromatic carbocycles. The number of aliphatic hydroxyl groups excluding tert-OH is 1. The molecule has 23 heavy (non-hydrogen) atoms. The molecular formula is C17H22FN3O2. The number of ether oxygens (including phenoxy) is 1. The zero-order valence-corrected chi connectivity index (χ0v) is 13.7. The van der Waals surface area contributed by atoms with Gasteiger partial charge < -0.3 is 9.84 Å². The lowest BCUT2D eigenvalue weighted by Crippen LogP contribution is -2.03. The van der Waals surface area contributed by atoms with E-state index in [0.717, 1.165) is 17.7 Å². The van der Waals surface area contributed by atoms with Crippen LogP contribution in [0.3, 0.4) is 0 Å². The molecule has 5 nitrogen and oxygen atoms in total. The summed E-state index contributed by atoms with van der Waals surface area (Å²) in [5.41, 5.74) is 2.61. The minimum atomic E-state index is -0.400. The van der Waals surface area contributed by atoms with Gasteiger partial charge in [-0.25, -0.2) is 4.39 Å². The van der Waals surface area contributed by atoms with Gasteiger partial charge in [-0.1, -0.05) is 13.8 Å². The number of benzene rings is 1.